The van der Waals surface area contributed by atoms with Gasteiger partial charge in [-0.05, 0) is 12.1 Å². The lowest BCUT2D eigenvalue weighted by Gasteiger charge is -2.10. The first-order chi connectivity index (χ1) is 8.20. The van der Waals surface area contributed by atoms with Gasteiger partial charge < -0.3 is 14.8 Å². The molecule has 5 heteroatoms. The number of nitrogens with one attached hydrogen (secondary N) is 1. The predicted molar refractivity (Wildman–Crippen MR) is 60.7 cm³/mol. The molecule has 0 saturated carbocycles. The molecule has 0 aromatic heterocycles. The minimum atomic E-state index is -0.519. The molecule has 1 amide bonds. The summed E-state index contributed by atoms with van der Waals surface area (Å²) in [5, 5.41) is 2.73. The lowest BCUT2D eigenvalue weighted by Crippen LogP contribution is -2.27. The predicted octanol–water partition coefficient (Wildman–Crippen LogP) is 1.20. The standard InChI is InChI=1S/C12H13NO4/c1-16-11(14)6-8-7-17-10-5-3-2-4-9(10)13-12(8)15/h2-5,8H,6-7H2,1H3,(H,13,15)/t8-/m0/s1. The Kier molecular flexibility index (Phi) is 3.27. The van der Waals surface area contributed by atoms with E-state index in [0.717, 1.165) is 0 Å². The minimum Gasteiger partial charge on any atom is -0.491 e. The van der Waals surface area contributed by atoms with Gasteiger partial charge in [0.05, 0.1) is 25.1 Å². The van der Waals surface area contributed by atoms with Crippen molar-refractivity contribution in [2.45, 2.75) is 6.42 Å². The third-order valence-corrected chi connectivity index (χ3v) is 2.60. The lowest BCUT2D eigenvalue weighted by molar-refractivity contribution is -0.143. The van der Waals surface area contributed by atoms with Crippen LogP contribution < -0.4 is 10.1 Å². The van der Waals surface area contributed by atoms with Gasteiger partial charge >= 0.3 is 5.97 Å². The summed E-state index contributed by atoms with van der Waals surface area (Å²) in [7, 11) is 1.30. The van der Waals surface area contributed by atoms with E-state index >= 15 is 0 Å². The van der Waals surface area contributed by atoms with E-state index in [1.54, 1.807) is 12.1 Å². The van der Waals surface area contributed by atoms with Gasteiger partial charge in [0.25, 0.3) is 0 Å². The molecule has 1 aliphatic rings. The van der Waals surface area contributed by atoms with Crippen LogP contribution in [0.25, 0.3) is 0 Å². The zero-order chi connectivity index (χ0) is 12.3. The summed E-state index contributed by atoms with van der Waals surface area (Å²) >= 11 is 0. The summed E-state index contributed by atoms with van der Waals surface area (Å²) in [6.45, 7) is 0.179. The summed E-state index contributed by atoms with van der Waals surface area (Å²) in [6, 6.07) is 7.17. The number of methoxy groups -OCH3 is 1. The molecule has 1 aromatic rings. The smallest absolute Gasteiger partial charge is 0.306 e. The summed E-state index contributed by atoms with van der Waals surface area (Å²) < 4.78 is 10.0. The van der Waals surface area contributed by atoms with Crippen molar-refractivity contribution in [1.82, 2.24) is 0 Å². The van der Waals surface area contributed by atoms with Crippen LogP contribution >= 0.6 is 0 Å². The van der Waals surface area contributed by atoms with Crippen molar-refractivity contribution in [3.63, 3.8) is 0 Å². The fraction of sp³-hybridized carbons (Fsp3) is 0.333. The van der Waals surface area contributed by atoms with Crippen LogP contribution in [0.5, 0.6) is 5.75 Å². The summed E-state index contributed by atoms with van der Waals surface area (Å²) in [4.78, 5) is 23.0. The number of anilines is 1. The van der Waals surface area contributed by atoms with E-state index in [2.05, 4.69) is 10.1 Å². The van der Waals surface area contributed by atoms with Gasteiger partial charge in [0, 0.05) is 0 Å². The molecule has 1 N–H and O–H groups in total. The summed E-state index contributed by atoms with van der Waals surface area (Å²) in [5.41, 5.74) is 0.630. The van der Waals surface area contributed by atoms with Crippen LogP contribution in [0.4, 0.5) is 5.69 Å². The minimum absolute atomic E-state index is 0.0241. The van der Waals surface area contributed by atoms with Gasteiger partial charge in [0.1, 0.15) is 12.4 Å². The Hall–Kier alpha value is -2.04. The highest BCUT2D eigenvalue weighted by Crippen LogP contribution is 2.28. The Bertz CT molecular complexity index is 444. The molecule has 90 valence electrons. The molecule has 1 aliphatic heterocycles. The van der Waals surface area contributed by atoms with Crippen LogP contribution in [0, 0.1) is 5.92 Å². The summed E-state index contributed by atoms with van der Waals surface area (Å²) in [5.74, 6) is -0.539. The number of carbonyl (C=O) groups excluding carboxylic acids is 2. The number of para-hydroxylation sites is 2. The van der Waals surface area contributed by atoms with Crippen LogP contribution in [0.15, 0.2) is 24.3 Å². The largest absolute Gasteiger partial charge is 0.491 e. The van der Waals surface area contributed by atoms with Crippen LogP contribution in [-0.2, 0) is 14.3 Å². The molecule has 0 fully saturated rings. The molecule has 0 radical (unpaired) electrons. The van der Waals surface area contributed by atoms with Crippen molar-refractivity contribution in [1.29, 1.82) is 0 Å². The van der Waals surface area contributed by atoms with Crippen LogP contribution in [-0.4, -0.2) is 25.6 Å². The van der Waals surface area contributed by atoms with Gasteiger partial charge in [0.15, 0.2) is 0 Å². The number of amides is 1. The van der Waals surface area contributed by atoms with E-state index < -0.39 is 11.9 Å². The van der Waals surface area contributed by atoms with Crippen molar-refractivity contribution in [2.75, 3.05) is 19.0 Å². The second kappa shape index (κ2) is 4.86. The topological polar surface area (TPSA) is 64.6 Å². The van der Waals surface area contributed by atoms with Crippen molar-refractivity contribution < 1.29 is 19.1 Å². The van der Waals surface area contributed by atoms with Crippen LogP contribution in [0.2, 0.25) is 0 Å². The number of fused-ring (bicyclic) bond motifs is 1. The molecule has 1 aromatic carbocycles. The SMILES string of the molecule is COC(=O)C[C@H]1COc2ccccc2NC1=O. The third kappa shape index (κ3) is 2.55. The number of rotatable bonds is 2. The Morgan fingerprint density at radius 1 is 1.53 bits per heavy atom. The van der Waals surface area contributed by atoms with Gasteiger partial charge in [-0.2, -0.15) is 0 Å². The van der Waals surface area contributed by atoms with Gasteiger partial charge in [-0.15, -0.1) is 0 Å². The molecule has 0 aliphatic carbocycles. The van der Waals surface area contributed by atoms with E-state index in [9.17, 15) is 9.59 Å². The Morgan fingerprint density at radius 3 is 3.06 bits per heavy atom. The molecule has 0 spiro atoms. The average molecular weight is 235 g/mol. The van der Waals surface area contributed by atoms with Gasteiger partial charge in [-0.1, -0.05) is 12.1 Å². The highest BCUT2D eigenvalue weighted by Gasteiger charge is 2.27. The molecule has 1 atom stereocenters. The molecule has 0 bridgehead atoms. The first-order valence-corrected chi connectivity index (χ1v) is 5.30. The monoisotopic (exact) mass is 235 g/mol. The van der Waals surface area contributed by atoms with E-state index in [1.165, 1.54) is 7.11 Å². The number of esters is 1. The number of carbonyl (C=O) groups is 2. The normalized spacial score (nSPS) is 18.4. The van der Waals surface area contributed by atoms with E-state index in [-0.39, 0.29) is 18.9 Å². The van der Waals surface area contributed by atoms with E-state index in [0.29, 0.717) is 11.4 Å². The Morgan fingerprint density at radius 2 is 2.29 bits per heavy atom. The number of ether oxygens (including phenoxy) is 2. The first kappa shape index (κ1) is 11.4. The second-order valence-corrected chi connectivity index (χ2v) is 3.77. The van der Waals surface area contributed by atoms with E-state index in [4.69, 9.17) is 4.74 Å². The van der Waals surface area contributed by atoms with Crippen LogP contribution in [0.1, 0.15) is 6.42 Å². The van der Waals surface area contributed by atoms with Gasteiger partial charge in [-0.25, -0.2) is 0 Å². The number of hydrogen-bond acceptors (Lipinski definition) is 4. The van der Waals surface area contributed by atoms with Crippen molar-refractivity contribution in [3.05, 3.63) is 24.3 Å². The zero-order valence-corrected chi connectivity index (χ0v) is 9.43. The quantitative estimate of drug-likeness (QED) is 0.782. The van der Waals surface area contributed by atoms with Gasteiger partial charge in [-0.3, -0.25) is 9.59 Å². The summed E-state index contributed by atoms with van der Waals surface area (Å²) in [6.07, 6.45) is 0.0241. The number of hydrogen-bond donors (Lipinski definition) is 1. The maximum absolute atomic E-state index is 11.8. The Labute approximate surface area is 98.7 Å². The molecule has 2 rings (SSSR count). The molecular weight excluding hydrogens is 222 g/mol. The average Bonchev–Trinajstić information content (AvgIpc) is 2.49. The van der Waals surface area contributed by atoms with E-state index in [1.807, 2.05) is 12.1 Å². The molecule has 1 heterocycles. The fourth-order valence-electron chi connectivity index (χ4n) is 1.63. The fourth-order valence-corrected chi connectivity index (χ4v) is 1.63. The van der Waals surface area contributed by atoms with Crippen molar-refractivity contribution in [3.8, 4) is 5.75 Å². The maximum atomic E-state index is 11.8. The Balaban J connectivity index is 2.12. The lowest BCUT2D eigenvalue weighted by atomic mass is 10.1. The maximum Gasteiger partial charge on any atom is 0.306 e. The molecule has 5 nitrogen and oxygen atoms in total. The molecule has 0 saturated heterocycles. The molecular formula is C12H13NO4. The van der Waals surface area contributed by atoms with Gasteiger partial charge in [0.2, 0.25) is 5.91 Å². The molecule has 0 unspecified atom stereocenters. The first-order valence-electron chi connectivity index (χ1n) is 5.30. The zero-order valence-electron chi connectivity index (χ0n) is 9.43. The molecule has 17 heavy (non-hydrogen) atoms. The van der Waals surface area contributed by atoms with Crippen molar-refractivity contribution >= 4 is 17.6 Å². The van der Waals surface area contributed by atoms with Crippen LogP contribution in [0.3, 0.4) is 0 Å². The number of benzene rings is 1. The second-order valence-electron chi connectivity index (χ2n) is 3.77. The highest BCUT2D eigenvalue weighted by atomic mass is 16.5. The third-order valence-electron chi connectivity index (χ3n) is 2.60. The van der Waals surface area contributed by atoms with Crippen molar-refractivity contribution in [2.24, 2.45) is 5.92 Å². The highest BCUT2D eigenvalue weighted by molar-refractivity contribution is 5.96.